The van der Waals surface area contributed by atoms with Gasteiger partial charge in [-0.05, 0) is 36.2 Å². The zero-order chi connectivity index (χ0) is 20.4. The number of para-hydroxylation sites is 1. The Hall–Kier alpha value is -2.58. The molecule has 1 saturated heterocycles. The first-order chi connectivity index (χ1) is 14.0. The fourth-order valence-electron chi connectivity index (χ4n) is 3.43. The van der Waals surface area contributed by atoms with Crippen LogP contribution in [0, 0.1) is 0 Å². The van der Waals surface area contributed by atoms with Crippen molar-refractivity contribution in [1.82, 2.24) is 10.2 Å². The highest BCUT2D eigenvalue weighted by Crippen LogP contribution is 2.35. The molecule has 29 heavy (non-hydrogen) atoms. The highest BCUT2D eigenvalue weighted by molar-refractivity contribution is 9.10. The van der Waals surface area contributed by atoms with Gasteiger partial charge < -0.3 is 4.90 Å². The van der Waals surface area contributed by atoms with Crippen molar-refractivity contribution in [2.75, 3.05) is 16.8 Å². The third-order valence-electron chi connectivity index (χ3n) is 4.89. The number of carbonyl (C=O) groups excluding carboxylic acids is 2. The number of aromatic nitrogens is 2. The first-order valence-electron chi connectivity index (χ1n) is 9.33. The number of benzene rings is 2. The molecule has 148 valence electrons. The van der Waals surface area contributed by atoms with Crippen LogP contribution in [-0.4, -0.2) is 28.6 Å². The van der Waals surface area contributed by atoms with Gasteiger partial charge in [0, 0.05) is 34.6 Å². The van der Waals surface area contributed by atoms with Crippen molar-refractivity contribution in [3.63, 3.8) is 0 Å². The van der Waals surface area contributed by atoms with Crippen molar-refractivity contribution in [3.05, 3.63) is 69.1 Å². The molecule has 1 aliphatic heterocycles. The molecule has 2 amide bonds. The molecule has 1 aromatic heterocycles. The van der Waals surface area contributed by atoms with E-state index in [1.54, 1.807) is 18.2 Å². The predicted molar refractivity (Wildman–Crippen MR) is 118 cm³/mol. The third-order valence-corrected chi connectivity index (χ3v) is 6.38. The van der Waals surface area contributed by atoms with Crippen LogP contribution >= 0.6 is 27.3 Å². The lowest BCUT2D eigenvalue weighted by molar-refractivity contribution is -0.117. The van der Waals surface area contributed by atoms with Gasteiger partial charge >= 0.3 is 0 Å². The topological polar surface area (TPSA) is 75.2 Å². The summed E-state index contributed by atoms with van der Waals surface area (Å²) < 4.78 is 0.833. The lowest BCUT2D eigenvalue weighted by atomic mass is 10.1. The Kier molecular flexibility index (Phi) is 5.73. The van der Waals surface area contributed by atoms with E-state index in [4.69, 9.17) is 0 Å². The van der Waals surface area contributed by atoms with Crippen molar-refractivity contribution in [2.45, 2.75) is 25.7 Å². The van der Waals surface area contributed by atoms with Gasteiger partial charge in [0.1, 0.15) is 5.01 Å². The number of nitrogens with zero attached hydrogens (tertiary/aromatic N) is 3. The molecule has 1 unspecified atom stereocenters. The Morgan fingerprint density at radius 2 is 2.07 bits per heavy atom. The number of anilines is 2. The minimum atomic E-state index is -0.241. The highest BCUT2D eigenvalue weighted by atomic mass is 79.9. The van der Waals surface area contributed by atoms with Gasteiger partial charge in [-0.1, -0.05) is 58.5 Å². The van der Waals surface area contributed by atoms with E-state index in [1.807, 2.05) is 29.2 Å². The van der Waals surface area contributed by atoms with Gasteiger partial charge in [-0.3, -0.25) is 14.9 Å². The Morgan fingerprint density at radius 1 is 1.24 bits per heavy atom. The number of hydrogen-bond donors (Lipinski definition) is 1. The molecule has 1 atom stereocenters. The summed E-state index contributed by atoms with van der Waals surface area (Å²) in [6, 6.07) is 15.1. The molecule has 1 aliphatic rings. The maximum Gasteiger partial charge on any atom is 0.257 e. The first-order valence-corrected chi connectivity index (χ1v) is 10.9. The average molecular weight is 471 g/mol. The number of nitrogens with one attached hydrogen (secondary N) is 1. The van der Waals surface area contributed by atoms with Gasteiger partial charge in [0.05, 0.1) is 0 Å². The van der Waals surface area contributed by atoms with Gasteiger partial charge in [0.25, 0.3) is 5.91 Å². The largest absolute Gasteiger partial charge is 0.311 e. The second-order valence-electron chi connectivity index (χ2n) is 6.80. The van der Waals surface area contributed by atoms with Gasteiger partial charge in [-0.25, -0.2) is 0 Å². The Bertz CT molecular complexity index is 1070. The lowest BCUT2D eigenvalue weighted by Crippen LogP contribution is -2.25. The van der Waals surface area contributed by atoms with E-state index in [9.17, 15) is 9.59 Å². The van der Waals surface area contributed by atoms with Gasteiger partial charge in [-0.15, -0.1) is 10.2 Å². The lowest BCUT2D eigenvalue weighted by Gasteiger charge is -2.19. The van der Waals surface area contributed by atoms with E-state index in [2.05, 4.69) is 44.4 Å². The summed E-state index contributed by atoms with van der Waals surface area (Å²) in [6.07, 6.45) is 1.27. The van der Waals surface area contributed by atoms with E-state index in [0.29, 0.717) is 23.7 Å². The standard InChI is InChI=1S/C21H19BrN4O2S/c1-2-13-6-3-4-9-17(13)26-12-15(11-18(26)27)20-24-25-21(29-20)23-19(28)14-7-5-8-16(22)10-14/h3-10,15H,2,11-12H2,1H3,(H,23,25,28). The van der Waals surface area contributed by atoms with Crippen LogP contribution in [0.4, 0.5) is 10.8 Å². The second kappa shape index (κ2) is 8.42. The zero-order valence-electron chi connectivity index (χ0n) is 15.8. The number of halogens is 1. The molecule has 0 spiro atoms. The van der Waals surface area contributed by atoms with Crippen molar-refractivity contribution in [1.29, 1.82) is 0 Å². The summed E-state index contributed by atoms with van der Waals surface area (Å²) in [4.78, 5) is 26.9. The van der Waals surface area contributed by atoms with Crippen LogP contribution in [0.5, 0.6) is 0 Å². The highest BCUT2D eigenvalue weighted by Gasteiger charge is 2.34. The molecular formula is C21H19BrN4O2S. The molecule has 6 nitrogen and oxygen atoms in total. The first kappa shape index (κ1) is 19.7. The molecule has 2 heterocycles. The van der Waals surface area contributed by atoms with Crippen LogP contribution in [0.1, 0.15) is 40.2 Å². The normalized spacial score (nSPS) is 16.3. The molecule has 0 radical (unpaired) electrons. The number of hydrogen-bond acceptors (Lipinski definition) is 5. The van der Waals surface area contributed by atoms with Crippen LogP contribution < -0.4 is 10.2 Å². The zero-order valence-corrected chi connectivity index (χ0v) is 18.2. The van der Waals surface area contributed by atoms with E-state index >= 15 is 0 Å². The monoisotopic (exact) mass is 470 g/mol. The predicted octanol–water partition coefficient (Wildman–Crippen LogP) is 4.64. The van der Waals surface area contributed by atoms with Crippen molar-refractivity contribution < 1.29 is 9.59 Å². The Balaban J connectivity index is 1.47. The van der Waals surface area contributed by atoms with E-state index in [1.165, 1.54) is 11.3 Å². The summed E-state index contributed by atoms with van der Waals surface area (Å²) in [7, 11) is 0. The summed E-state index contributed by atoms with van der Waals surface area (Å²) in [6.45, 7) is 2.66. The van der Waals surface area contributed by atoms with Crippen LogP contribution in [0.2, 0.25) is 0 Å². The summed E-state index contributed by atoms with van der Waals surface area (Å²) in [5.41, 5.74) is 2.66. The number of aryl methyl sites for hydroxylation is 1. The molecule has 1 N–H and O–H groups in total. The summed E-state index contributed by atoms with van der Waals surface area (Å²) >= 11 is 4.69. The molecule has 0 aliphatic carbocycles. The fourth-order valence-corrected chi connectivity index (χ4v) is 4.66. The van der Waals surface area contributed by atoms with Gasteiger partial charge in [0.2, 0.25) is 11.0 Å². The Labute approximate surface area is 181 Å². The second-order valence-corrected chi connectivity index (χ2v) is 8.72. The molecule has 1 fully saturated rings. The van der Waals surface area contributed by atoms with Crippen LogP contribution in [-0.2, 0) is 11.2 Å². The molecule has 0 saturated carbocycles. The van der Waals surface area contributed by atoms with Crippen molar-refractivity contribution in [3.8, 4) is 0 Å². The molecule has 4 rings (SSSR count). The van der Waals surface area contributed by atoms with Crippen LogP contribution in [0.25, 0.3) is 0 Å². The number of rotatable bonds is 5. The number of carbonyl (C=O) groups is 2. The quantitative estimate of drug-likeness (QED) is 0.589. The van der Waals surface area contributed by atoms with Crippen LogP contribution in [0.3, 0.4) is 0 Å². The van der Waals surface area contributed by atoms with Crippen LogP contribution in [0.15, 0.2) is 53.0 Å². The minimum Gasteiger partial charge on any atom is -0.311 e. The molecule has 3 aromatic rings. The minimum absolute atomic E-state index is 0.0264. The number of amides is 2. The van der Waals surface area contributed by atoms with E-state index in [0.717, 1.165) is 27.2 Å². The maximum atomic E-state index is 12.6. The SMILES string of the molecule is CCc1ccccc1N1CC(c2nnc(NC(=O)c3cccc(Br)c3)s2)CC1=O. The molecule has 0 bridgehead atoms. The van der Waals surface area contributed by atoms with E-state index in [-0.39, 0.29) is 17.7 Å². The molecular weight excluding hydrogens is 452 g/mol. The smallest absolute Gasteiger partial charge is 0.257 e. The van der Waals surface area contributed by atoms with Gasteiger partial charge in [0.15, 0.2) is 0 Å². The summed E-state index contributed by atoms with van der Waals surface area (Å²) in [5.74, 6) is -0.178. The van der Waals surface area contributed by atoms with E-state index < -0.39 is 0 Å². The maximum absolute atomic E-state index is 12.6. The summed E-state index contributed by atoms with van der Waals surface area (Å²) in [5, 5.41) is 12.3. The molecule has 2 aromatic carbocycles. The third kappa shape index (κ3) is 4.23. The van der Waals surface area contributed by atoms with Gasteiger partial charge in [-0.2, -0.15) is 0 Å². The fraction of sp³-hybridized carbons (Fsp3) is 0.238. The van der Waals surface area contributed by atoms with Crippen molar-refractivity contribution in [2.24, 2.45) is 0 Å². The molecule has 8 heteroatoms. The van der Waals surface area contributed by atoms with Crippen molar-refractivity contribution >= 4 is 49.9 Å². The Morgan fingerprint density at radius 3 is 2.86 bits per heavy atom. The average Bonchev–Trinajstić information content (AvgIpc) is 3.34.